The third kappa shape index (κ3) is 18.4. The second-order valence-corrected chi connectivity index (χ2v) is 7.95. The van der Waals surface area contributed by atoms with Gasteiger partial charge in [-0.3, -0.25) is 10.1 Å². The number of aromatic nitrogens is 1. The molecular weight excluding hydrogens is 466 g/mol. The number of nitro groups is 1. The molecule has 0 bridgehead atoms. The molecule has 0 aliphatic heterocycles. The van der Waals surface area contributed by atoms with Gasteiger partial charge < -0.3 is 38.5 Å². The maximum atomic E-state index is 11.4. The monoisotopic (exact) mass is 503 g/mol. The summed E-state index contributed by atoms with van der Waals surface area (Å²) < 4.78 is 37.3. The van der Waals surface area contributed by atoms with E-state index >= 15 is 0 Å². The topological polar surface area (TPSA) is 150 Å². The van der Waals surface area contributed by atoms with Crippen LogP contribution >= 0.6 is 0 Å². The maximum Gasteiger partial charge on any atom is 0.407 e. The molecule has 1 aromatic heterocycles. The number of amides is 1. The highest BCUT2D eigenvalue weighted by Gasteiger charge is 2.15. The van der Waals surface area contributed by atoms with E-state index in [-0.39, 0.29) is 12.3 Å². The van der Waals surface area contributed by atoms with Crippen molar-refractivity contribution < 1.29 is 42.9 Å². The molecule has 0 unspecified atom stereocenters. The predicted molar refractivity (Wildman–Crippen MR) is 125 cm³/mol. The summed E-state index contributed by atoms with van der Waals surface area (Å²) in [6.45, 7) is 10.3. The van der Waals surface area contributed by atoms with Crippen LogP contribution in [0.1, 0.15) is 20.8 Å². The van der Waals surface area contributed by atoms with E-state index in [1.165, 1.54) is 12.1 Å². The van der Waals surface area contributed by atoms with Crippen molar-refractivity contribution in [3.8, 4) is 5.88 Å². The van der Waals surface area contributed by atoms with Crippen molar-refractivity contribution in [1.29, 1.82) is 0 Å². The molecule has 0 radical (unpaired) electrons. The number of carbonyl (C=O) groups excluding carboxylic acids is 1. The van der Waals surface area contributed by atoms with Gasteiger partial charge in [-0.25, -0.2) is 9.78 Å². The Hall–Kier alpha value is -2.58. The Balaban J connectivity index is 1.76. The van der Waals surface area contributed by atoms with E-state index in [9.17, 15) is 14.9 Å². The zero-order valence-corrected chi connectivity index (χ0v) is 20.7. The van der Waals surface area contributed by atoms with Gasteiger partial charge in [0.05, 0.1) is 71.0 Å². The maximum absolute atomic E-state index is 11.4. The summed E-state index contributed by atoms with van der Waals surface area (Å²) in [6.07, 6.45) is 0.680. The molecule has 35 heavy (non-hydrogen) atoms. The van der Waals surface area contributed by atoms with Crippen molar-refractivity contribution in [3.05, 3.63) is 28.4 Å². The molecule has 1 rings (SSSR count). The molecule has 1 amide bonds. The van der Waals surface area contributed by atoms with Crippen molar-refractivity contribution in [3.63, 3.8) is 0 Å². The van der Waals surface area contributed by atoms with E-state index in [1.54, 1.807) is 20.8 Å². The van der Waals surface area contributed by atoms with Crippen molar-refractivity contribution in [2.75, 3.05) is 79.2 Å². The minimum Gasteiger partial charge on any atom is -0.475 e. The second kappa shape index (κ2) is 18.7. The molecule has 1 aromatic rings. The van der Waals surface area contributed by atoms with Gasteiger partial charge in [-0.2, -0.15) is 0 Å². The second-order valence-electron chi connectivity index (χ2n) is 7.95. The number of ether oxygens (including phenoxy) is 7. The number of alkyl carbamates (subject to hydrolysis) is 1. The van der Waals surface area contributed by atoms with Crippen LogP contribution in [0.2, 0.25) is 0 Å². The van der Waals surface area contributed by atoms with Gasteiger partial charge in [-0.15, -0.1) is 0 Å². The number of rotatable bonds is 20. The van der Waals surface area contributed by atoms with Gasteiger partial charge in [-0.1, -0.05) is 0 Å². The molecule has 13 heteroatoms. The molecule has 0 atom stereocenters. The van der Waals surface area contributed by atoms with Gasteiger partial charge in [0.2, 0.25) is 5.88 Å². The van der Waals surface area contributed by atoms with Crippen LogP contribution in [0, 0.1) is 10.1 Å². The molecule has 0 aliphatic rings. The first kappa shape index (κ1) is 30.5. The Morgan fingerprint density at radius 2 is 1.34 bits per heavy atom. The summed E-state index contributed by atoms with van der Waals surface area (Å²) in [5, 5.41) is 13.2. The van der Waals surface area contributed by atoms with Gasteiger partial charge >= 0.3 is 6.09 Å². The molecule has 200 valence electrons. The smallest absolute Gasteiger partial charge is 0.407 e. The van der Waals surface area contributed by atoms with E-state index < -0.39 is 16.6 Å². The first-order valence-corrected chi connectivity index (χ1v) is 11.4. The van der Waals surface area contributed by atoms with Crippen LogP contribution < -0.4 is 10.1 Å². The van der Waals surface area contributed by atoms with Crippen molar-refractivity contribution in [2.45, 2.75) is 26.4 Å². The summed E-state index contributed by atoms with van der Waals surface area (Å²) in [4.78, 5) is 25.3. The highest BCUT2D eigenvalue weighted by Crippen LogP contribution is 2.13. The average molecular weight is 504 g/mol. The lowest BCUT2D eigenvalue weighted by molar-refractivity contribution is -0.385. The summed E-state index contributed by atoms with van der Waals surface area (Å²) in [6, 6.07) is 2.77. The van der Waals surface area contributed by atoms with Crippen LogP contribution in [0.15, 0.2) is 18.3 Å². The molecule has 0 spiro atoms. The van der Waals surface area contributed by atoms with Crippen LogP contribution in [-0.2, 0) is 28.4 Å². The normalized spacial score (nSPS) is 11.3. The van der Waals surface area contributed by atoms with Crippen molar-refractivity contribution in [1.82, 2.24) is 10.3 Å². The largest absolute Gasteiger partial charge is 0.475 e. The molecule has 0 saturated carbocycles. The minimum absolute atomic E-state index is 0.0879. The fraction of sp³-hybridized carbons (Fsp3) is 0.727. The van der Waals surface area contributed by atoms with Crippen molar-refractivity contribution in [2.24, 2.45) is 0 Å². The number of hydrogen-bond donors (Lipinski definition) is 1. The summed E-state index contributed by atoms with van der Waals surface area (Å²) in [5.41, 5.74) is -0.605. The number of hydrogen-bond acceptors (Lipinski definition) is 11. The standard InChI is InChI=1S/C22H37N3O10/c1-22(2,3)35-21(26)23-6-7-29-8-9-30-10-11-31-12-13-32-14-15-33-16-17-34-20-5-4-19(18-24-20)25(27)28/h4-5,18H,6-17H2,1-3H3,(H,23,26). The number of nitrogens with zero attached hydrogens (tertiary/aromatic N) is 2. The van der Waals surface area contributed by atoms with Crippen molar-refractivity contribution >= 4 is 11.8 Å². The molecule has 0 saturated heterocycles. The Kier molecular flexibility index (Phi) is 16.3. The molecular formula is C22H37N3O10. The lowest BCUT2D eigenvalue weighted by atomic mass is 10.2. The van der Waals surface area contributed by atoms with E-state index in [0.29, 0.717) is 78.5 Å². The summed E-state index contributed by atoms with van der Waals surface area (Å²) in [5.74, 6) is 0.302. The quantitative estimate of drug-likeness (QED) is 0.158. The Labute approximate surface area is 205 Å². The molecule has 1 N–H and O–H groups in total. The number of pyridine rings is 1. The zero-order valence-electron chi connectivity index (χ0n) is 20.7. The Morgan fingerprint density at radius 1 is 0.857 bits per heavy atom. The Bertz CT molecular complexity index is 698. The lowest BCUT2D eigenvalue weighted by Crippen LogP contribution is -2.34. The first-order chi connectivity index (χ1) is 16.8. The number of nitrogens with one attached hydrogen (secondary N) is 1. The van der Waals surface area contributed by atoms with Crippen LogP contribution in [0.25, 0.3) is 0 Å². The molecule has 13 nitrogen and oxygen atoms in total. The highest BCUT2D eigenvalue weighted by molar-refractivity contribution is 5.67. The van der Waals surface area contributed by atoms with Gasteiger partial charge in [0.1, 0.15) is 18.4 Å². The van der Waals surface area contributed by atoms with E-state index in [1.807, 2.05) is 0 Å². The average Bonchev–Trinajstić information content (AvgIpc) is 2.79. The molecule has 0 aliphatic carbocycles. The van der Waals surface area contributed by atoms with Gasteiger partial charge in [0.15, 0.2) is 0 Å². The van der Waals surface area contributed by atoms with Crippen LogP contribution in [0.4, 0.5) is 10.5 Å². The molecule has 0 aromatic carbocycles. The summed E-state index contributed by atoms with van der Waals surface area (Å²) in [7, 11) is 0. The van der Waals surface area contributed by atoms with Crippen LogP contribution in [0.3, 0.4) is 0 Å². The van der Waals surface area contributed by atoms with Crippen LogP contribution in [-0.4, -0.2) is 101 Å². The predicted octanol–water partition coefficient (Wildman–Crippen LogP) is 1.98. The van der Waals surface area contributed by atoms with E-state index in [0.717, 1.165) is 6.20 Å². The minimum atomic E-state index is -0.519. The van der Waals surface area contributed by atoms with E-state index in [2.05, 4.69) is 10.3 Å². The van der Waals surface area contributed by atoms with E-state index in [4.69, 9.17) is 33.2 Å². The van der Waals surface area contributed by atoms with Crippen LogP contribution in [0.5, 0.6) is 5.88 Å². The lowest BCUT2D eigenvalue weighted by Gasteiger charge is -2.19. The Morgan fingerprint density at radius 3 is 1.77 bits per heavy atom. The van der Waals surface area contributed by atoms with Gasteiger partial charge in [0, 0.05) is 18.7 Å². The summed E-state index contributed by atoms with van der Waals surface area (Å²) >= 11 is 0. The fourth-order valence-electron chi connectivity index (χ4n) is 2.29. The SMILES string of the molecule is CC(C)(C)OC(=O)NCCOCCOCCOCCOCCOCCOc1ccc([N+](=O)[O-])cn1. The first-order valence-electron chi connectivity index (χ1n) is 11.4. The van der Waals surface area contributed by atoms with Gasteiger partial charge in [0.25, 0.3) is 5.69 Å². The fourth-order valence-corrected chi connectivity index (χ4v) is 2.29. The number of carbonyl (C=O) groups is 1. The third-order valence-electron chi connectivity index (χ3n) is 3.81. The highest BCUT2D eigenvalue weighted by atomic mass is 16.6. The van der Waals surface area contributed by atoms with Gasteiger partial charge in [-0.05, 0) is 20.8 Å². The third-order valence-corrected chi connectivity index (χ3v) is 3.81. The molecule has 0 fully saturated rings. The molecule has 1 heterocycles. The zero-order chi connectivity index (χ0) is 25.8.